The lowest BCUT2D eigenvalue weighted by atomic mass is 9.83. The standard InChI is InChI=1S/C16H22ClN/c17-15-11-13(16-7-4-10-18-16)8-9-14(15)12-5-2-1-3-6-12/h8-9,11-12,16,18H,1-7,10H2. The van der Waals surface area contributed by atoms with Crippen molar-refractivity contribution in [2.24, 2.45) is 0 Å². The third-order valence-electron chi connectivity index (χ3n) is 4.53. The van der Waals surface area contributed by atoms with E-state index in [1.165, 1.54) is 56.1 Å². The number of benzene rings is 1. The van der Waals surface area contributed by atoms with Gasteiger partial charge < -0.3 is 5.32 Å². The average Bonchev–Trinajstić information content (AvgIpc) is 2.93. The second kappa shape index (κ2) is 5.63. The van der Waals surface area contributed by atoms with Gasteiger partial charge in [-0.2, -0.15) is 0 Å². The number of hydrogen-bond acceptors (Lipinski definition) is 1. The molecule has 2 aliphatic rings. The highest BCUT2D eigenvalue weighted by Crippen LogP contribution is 2.37. The molecule has 18 heavy (non-hydrogen) atoms. The molecule has 1 aliphatic carbocycles. The summed E-state index contributed by atoms with van der Waals surface area (Å²) < 4.78 is 0. The van der Waals surface area contributed by atoms with Gasteiger partial charge in [-0.25, -0.2) is 0 Å². The van der Waals surface area contributed by atoms with E-state index in [2.05, 4.69) is 23.5 Å². The predicted octanol–water partition coefficient (Wildman–Crippen LogP) is 4.81. The van der Waals surface area contributed by atoms with Gasteiger partial charge in [0.15, 0.2) is 0 Å². The van der Waals surface area contributed by atoms with Gasteiger partial charge in [-0.05, 0) is 55.3 Å². The normalized spacial score (nSPS) is 25.5. The Bertz CT molecular complexity index is 404. The number of halogens is 1. The molecule has 2 heteroatoms. The number of hydrogen-bond donors (Lipinski definition) is 1. The van der Waals surface area contributed by atoms with Gasteiger partial charge >= 0.3 is 0 Å². The number of nitrogens with one attached hydrogen (secondary N) is 1. The Morgan fingerprint density at radius 3 is 2.50 bits per heavy atom. The fraction of sp³-hybridized carbons (Fsp3) is 0.625. The molecule has 0 spiro atoms. The zero-order valence-corrected chi connectivity index (χ0v) is 11.7. The highest BCUT2D eigenvalue weighted by atomic mass is 35.5. The Labute approximate surface area is 115 Å². The van der Waals surface area contributed by atoms with Gasteiger partial charge in [-0.1, -0.05) is 43.0 Å². The quantitative estimate of drug-likeness (QED) is 0.807. The summed E-state index contributed by atoms with van der Waals surface area (Å²) in [5, 5.41) is 4.53. The zero-order chi connectivity index (χ0) is 12.4. The Kier molecular flexibility index (Phi) is 3.91. The molecule has 0 radical (unpaired) electrons. The lowest BCUT2D eigenvalue weighted by molar-refractivity contribution is 0.443. The SMILES string of the molecule is Clc1cc(C2CCCN2)ccc1C1CCCCC1. The van der Waals surface area contributed by atoms with Crippen LogP contribution >= 0.6 is 11.6 Å². The van der Waals surface area contributed by atoms with Crippen LogP contribution < -0.4 is 5.32 Å². The summed E-state index contributed by atoms with van der Waals surface area (Å²) in [5.41, 5.74) is 2.76. The maximum Gasteiger partial charge on any atom is 0.0444 e. The van der Waals surface area contributed by atoms with Crippen LogP contribution in [0, 0.1) is 0 Å². The van der Waals surface area contributed by atoms with Gasteiger partial charge in [0, 0.05) is 11.1 Å². The van der Waals surface area contributed by atoms with E-state index in [0.717, 1.165) is 11.6 Å². The van der Waals surface area contributed by atoms with Crippen molar-refractivity contribution in [1.82, 2.24) is 5.32 Å². The first-order chi connectivity index (χ1) is 8.84. The molecule has 1 unspecified atom stereocenters. The summed E-state index contributed by atoms with van der Waals surface area (Å²) in [7, 11) is 0. The summed E-state index contributed by atoms with van der Waals surface area (Å²) in [4.78, 5) is 0. The molecule has 2 fully saturated rings. The molecule has 1 atom stereocenters. The van der Waals surface area contributed by atoms with Crippen LogP contribution in [-0.4, -0.2) is 6.54 Å². The maximum atomic E-state index is 6.51. The van der Waals surface area contributed by atoms with Gasteiger partial charge in [0.1, 0.15) is 0 Å². The van der Waals surface area contributed by atoms with E-state index in [4.69, 9.17) is 11.6 Å². The highest BCUT2D eigenvalue weighted by Gasteiger charge is 2.20. The zero-order valence-electron chi connectivity index (χ0n) is 10.9. The van der Waals surface area contributed by atoms with Gasteiger partial charge in [0.05, 0.1) is 0 Å². The van der Waals surface area contributed by atoms with Gasteiger partial charge in [0.2, 0.25) is 0 Å². The molecule has 0 aromatic heterocycles. The molecule has 98 valence electrons. The third kappa shape index (κ3) is 2.57. The fourth-order valence-electron chi connectivity index (χ4n) is 3.47. The Balaban J connectivity index is 1.79. The molecule has 1 saturated carbocycles. The van der Waals surface area contributed by atoms with E-state index in [1.807, 2.05) is 0 Å². The first-order valence-electron chi connectivity index (χ1n) is 7.37. The van der Waals surface area contributed by atoms with E-state index in [1.54, 1.807) is 0 Å². The first-order valence-corrected chi connectivity index (χ1v) is 7.75. The van der Waals surface area contributed by atoms with Crippen molar-refractivity contribution in [3.8, 4) is 0 Å². The smallest absolute Gasteiger partial charge is 0.0444 e. The summed E-state index contributed by atoms with van der Waals surface area (Å²) in [5.74, 6) is 0.705. The van der Waals surface area contributed by atoms with Crippen LogP contribution in [0.25, 0.3) is 0 Å². The second-order valence-corrected chi connectivity index (χ2v) is 6.17. The first kappa shape index (κ1) is 12.5. The summed E-state index contributed by atoms with van der Waals surface area (Å²) in [6.07, 6.45) is 9.31. The van der Waals surface area contributed by atoms with E-state index in [-0.39, 0.29) is 0 Å². The molecule has 3 rings (SSSR count). The largest absolute Gasteiger partial charge is 0.310 e. The van der Waals surface area contributed by atoms with E-state index >= 15 is 0 Å². The van der Waals surface area contributed by atoms with Crippen LogP contribution in [0.3, 0.4) is 0 Å². The molecule has 0 amide bonds. The number of rotatable bonds is 2. The lowest BCUT2D eigenvalue weighted by Gasteiger charge is -2.23. The Hall–Kier alpha value is -0.530. The topological polar surface area (TPSA) is 12.0 Å². The maximum absolute atomic E-state index is 6.51. The lowest BCUT2D eigenvalue weighted by Crippen LogP contribution is -2.13. The average molecular weight is 264 g/mol. The summed E-state index contributed by atoms with van der Waals surface area (Å²) in [6.45, 7) is 1.15. The fourth-order valence-corrected chi connectivity index (χ4v) is 3.82. The van der Waals surface area contributed by atoms with Crippen LogP contribution in [-0.2, 0) is 0 Å². The molecular formula is C16H22ClN. The monoisotopic (exact) mass is 263 g/mol. The van der Waals surface area contributed by atoms with Gasteiger partial charge in [-0.3, -0.25) is 0 Å². The van der Waals surface area contributed by atoms with Crippen molar-refractivity contribution in [2.75, 3.05) is 6.54 Å². The molecular weight excluding hydrogens is 242 g/mol. The molecule has 0 bridgehead atoms. The van der Waals surface area contributed by atoms with Crippen molar-refractivity contribution in [1.29, 1.82) is 0 Å². The van der Waals surface area contributed by atoms with Crippen LogP contribution in [0.5, 0.6) is 0 Å². The summed E-state index contributed by atoms with van der Waals surface area (Å²) >= 11 is 6.51. The molecule has 1 nitrogen and oxygen atoms in total. The van der Waals surface area contributed by atoms with Crippen LogP contribution in [0.1, 0.15) is 68.0 Å². The van der Waals surface area contributed by atoms with Crippen LogP contribution in [0.4, 0.5) is 0 Å². The second-order valence-electron chi connectivity index (χ2n) is 5.76. The minimum Gasteiger partial charge on any atom is -0.310 e. The molecule has 1 heterocycles. The van der Waals surface area contributed by atoms with Crippen molar-refractivity contribution in [3.05, 3.63) is 34.3 Å². The molecule has 1 aromatic rings. The van der Waals surface area contributed by atoms with Gasteiger partial charge in [-0.15, -0.1) is 0 Å². The Morgan fingerprint density at radius 2 is 1.83 bits per heavy atom. The van der Waals surface area contributed by atoms with E-state index in [9.17, 15) is 0 Å². The Morgan fingerprint density at radius 1 is 1.00 bits per heavy atom. The summed E-state index contributed by atoms with van der Waals surface area (Å²) in [6, 6.07) is 7.31. The highest BCUT2D eigenvalue weighted by molar-refractivity contribution is 6.31. The molecule has 1 aromatic carbocycles. The predicted molar refractivity (Wildman–Crippen MR) is 77.3 cm³/mol. The minimum atomic E-state index is 0.530. The molecule has 1 aliphatic heterocycles. The molecule has 1 saturated heterocycles. The van der Waals surface area contributed by atoms with Crippen molar-refractivity contribution >= 4 is 11.6 Å². The van der Waals surface area contributed by atoms with Crippen molar-refractivity contribution in [3.63, 3.8) is 0 Å². The van der Waals surface area contributed by atoms with Gasteiger partial charge in [0.25, 0.3) is 0 Å². The van der Waals surface area contributed by atoms with E-state index in [0.29, 0.717) is 12.0 Å². The van der Waals surface area contributed by atoms with Crippen molar-refractivity contribution in [2.45, 2.75) is 56.9 Å². The third-order valence-corrected chi connectivity index (χ3v) is 4.86. The van der Waals surface area contributed by atoms with Crippen molar-refractivity contribution < 1.29 is 0 Å². The van der Waals surface area contributed by atoms with E-state index < -0.39 is 0 Å². The minimum absolute atomic E-state index is 0.530. The van der Waals surface area contributed by atoms with Crippen LogP contribution in [0.15, 0.2) is 18.2 Å². The molecule has 1 N–H and O–H groups in total. The van der Waals surface area contributed by atoms with Crippen LogP contribution in [0.2, 0.25) is 5.02 Å².